The second-order valence-corrected chi connectivity index (χ2v) is 6.22. The highest BCUT2D eigenvalue weighted by atomic mass is 16.6. The third kappa shape index (κ3) is 2.87. The van der Waals surface area contributed by atoms with Crippen LogP contribution < -0.4 is 5.73 Å². The predicted molar refractivity (Wildman–Crippen MR) is 82.0 cm³/mol. The maximum atomic E-state index is 11.0. The first-order chi connectivity index (χ1) is 10.0. The zero-order valence-electron chi connectivity index (χ0n) is 12.4. The Labute approximate surface area is 124 Å². The van der Waals surface area contributed by atoms with Crippen molar-refractivity contribution in [2.75, 3.05) is 25.4 Å². The van der Waals surface area contributed by atoms with Crippen LogP contribution in [-0.2, 0) is 6.54 Å². The maximum absolute atomic E-state index is 11.0. The molecule has 2 atom stereocenters. The molecule has 2 heterocycles. The minimum Gasteiger partial charge on any atom is -0.393 e. The number of rotatable bonds is 3. The summed E-state index contributed by atoms with van der Waals surface area (Å²) < 4.78 is 0. The molecular formula is C15H22N4O2. The van der Waals surface area contributed by atoms with E-state index in [1.54, 1.807) is 12.1 Å². The smallest absolute Gasteiger partial charge is 0.292 e. The molecule has 2 N–H and O–H groups in total. The number of anilines is 1. The van der Waals surface area contributed by atoms with Crippen LogP contribution in [0, 0.1) is 10.1 Å². The van der Waals surface area contributed by atoms with E-state index in [0.717, 1.165) is 25.2 Å². The van der Waals surface area contributed by atoms with Crippen LogP contribution in [-0.4, -0.2) is 46.4 Å². The molecule has 6 heteroatoms. The number of nitrogens with zero attached hydrogens (tertiary/aromatic N) is 3. The van der Waals surface area contributed by atoms with Crippen molar-refractivity contribution in [1.29, 1.82) is 0 Å². The number of fused-ring (bicyclic) bond motifs is 1. The van der Waals surface area contributed by atoms with E-state index in [1.165, 1.54) is 19.4 Å². The molecule has 2 saturated heterocycles. The number of nitrogen functional groups attached to an aromatic ring is 1. The second-order valence-electron chi connectivity index (χ2n) is 6.22. The Morgan fingerprint density at radius 3 is 3.00 bits per heavy atom. The van der Waals surface area contributed by atoms with Gasteiger partial charge in [0.1, 0.15) is 5.69 Å². The number of nitro benzene ring substituents is 1. The van der Waals surface area contributed by atoms with Crippen molar-refractivity contribution in [3.63, 3.8) is 0 Å². The summed E-state index contributed by atoms with van der Waals surface area (Å²) in [6.07, 6.45) is 2.56. The van der Waals surface area contributed by atoms with Crippen molar-refractivity contribution in [2.45, 2.75) is 38.4 Å². The minimum atomic E-state index is -0.406. The van der Waals surface area contributed by atoms with Gasteiger partial charge in [-0.1, -0.05) is 6.07 Å². The number of nitro groups is 1. The first kappa shape index (κ1) is 14.3. The lowest BCUT2D eigenvalue weighted by Gasteiger charge is -2.42. The quantitative estimate of drug-likeness (QED) is 0.522. The van der Waals surface area contributed by atoms with Crippen LogP contribution in [0.1, 0.15) is 25.3 Å². The fraction of sp³-hybridized carbons (Fsp3) is 0.600. The second kappa shape index (κ2) is 5.61. The van der Waals surface area contributed by atoms with Crippen LogP contribution >= 0.6 is 0 Å². The van der Waals surface area contributed by atoms with Gasteiger partial charge in [0.2, 0.25) is 0 Å². The number of hydrogen-bond donors (Lipinski definition) is 1. The zero-order valence-corrected chi connectivity index (χ0v) is 12.4. The molecule has 0 aromatic heterocycles. The number of hydrogen-bond acceptors (Lipinski definition) is 5. The molecule has 0 aliphatic carbocycles. The topological polar surface area (TPSA) is 75.6 Å². The summed E-state index contributed by atoms with van der Waals surface area (Å²) in [5, 5.41) is 11.0. The van der Waals surface area contributed by atoms with E-state index in [-0.39, 0.29) is 11.4 Å². The molecule has 0 bridgehead atoms. The number of piperazine rings is 1. The summed E-state index contributed by atoms with van der Waals surface area (Å²) in [5.41, 5.74) is 6.87. The van der Waals surface area contributed by atoms with Crippen molar-refractivity contribution in [3.8, 4) is 0 Å². The molecule has 1 aromatic rings. The fourth-order valence-corrected chi connectivity index (χ4v) is 3.55. The highest BCUT2D eigenvalue weighted by molar-refractivity contribution is 5.59. The normalized spacial score (nSPS) is 26.7. The van der Waals surface area contributed by atoms with Crippen molar-refractivity contribution < 1.29 is 4.92 Å². The number of benzene rings is 1. The molecular weight excluding hydrogens is 268 g/mol. The molecule has 0 radical (unpaired) electrons. The Balaban J connectivity index is 1.74. The van der Waals surface area contributed by atoms with Crippen molar-refractivity contribution in [2.24, 2.45) is 0 Å². The lowest BCUT2D eigenvalue weighted by molar-refractivity contribution is -0.384. The maximum Gasteiger partial charge on any atom is 0.292 e. The van der Waals surface area contributed by atoms with Gasteiger partial charge in [0.25, 0.3) is 5.69 Å². The van der Waals surface area contributed by atoms with Gasteiger partial charge in [-0.25, -0.2) is 0 Å². The van der Waals surface area contributed by atoms with E-state index < -0.39 is 4.92 Å². The number of nitrogens with two attached hydrogens (primary N) is 1. The van der Waals surface area contributed by atoms with Gasteiger partial charge in [0.05, 0.1) is 4.92 Å². The standard InChI is InChI=1S/C15H22N4O2/c1-11-8-17-6-2-3-13(17)10-18(11)9-12-4-5-14(16)15(7-12)19(20)21/h4-5,7,11,13H,2-3,6,8-10,16H2,1H3. The molecule has 21 heavy (non-hydrogen) atoms. The summed E-state index contributed by atoms with van der Waals surface area (Å²) in [6.45, 7) is 6.37. The Hall–Kier alpha value is -1.66. The lowest BCUT2D eigenvalue weighted by Crippen LogP contribution is -2.54. The van der Waals surface area contributed by atoms with Crippen LogP contribution in [0.25, 0.3) is 0 Å². The largest absolute Gasteiger partial charge is 0.393 e. The molecule has 2 aliphatic rings. The van der Waals surface area contributed by atoms with Gasteiger partial charge in [0, 0.05) is 37.8 Å². The lowest BCUT2D eigenvalue weighted by atomic mass is 10.1. The predicted octanol–water partition coefficient (Wildman–Crippen LogP) is 1.85. The molecule has 114 valence electrons. The monoisotopic (exact) mass is 290 g/mol. The van der Waals surface area contributed by atoms with Gasteiger partial charge < -0.3 is 5.73 Å². The minimum absolute atomic E-state index is 0.0136. The van der Waals surface area contributed by atoms with Gasteiger partial charge in [-0.2, -0.15) is 0 Å². The van der Waals surface area contributed by atoms with E-state index >= 15 is 0 Å². The molecule has 1 aromatic carbocycles. The van der Waals surface area contributed by atoms with Crippen LogP contribution in [0.15, 0.2) is 18.2 Å². The van der Waals surface area contributed by atoms with E-state index in [4.69, 9.17) is 5.73 Å². The van der Waals surface area contributed by atoms with E-state index in [2.05, 4.69) is 16.7 Å². The van der Waals surface area contributed by atoms with Gasteiger partial charge >= 0.3 is 0 Å². The Bertz CT molecular complexity index is 548. The first-order valence-electron chi connectivity index (χ1n) is 7.55. The Kier molecular flexibility index (Phi) is 3.82. The van der Waals surface area contributed by atoms with Gasteiger partial charge in [0.15, 0.2) is 0 Å². The molecule has 6 nitrogen and oxygen atoms in total. The van der Waals surface area contributed by atoms with E-state index in [0.29, 0.717) is 12.1 Å². The molecule has 2 aliphatic heterocycles. The van der Waals surface area contributed by atoms with Crippen LogP contribution in [0.3, 0.4) is 0 Å². The van der Waals surface area contributed by atoms with Crippen LogP contribution in [0.4, 0.5) is 11.4 Å². The molecule has 3 rings (SSSR count). The summed E-state index contributed by atoms with van der Waals surface area (Å²) >= 11 is 0. The Morgan fingerprint density at radius 1 is 1.43 bits per heavy atom. The van der Waals surface area contributed by atoms with Gasteiger partial charge in [-0.3, -0.25) is 19.9 Å². The fourth-order valence-electron chi connectivity index (χ4n) is 3.55. The molecule has 2 unspecified atom stereocenters. The van der Waals surface area contributed by atoms with Gasteiger partial charge in [-0.05, 0) is 37.9 Å². The molecule has 0 amide bonds. The first-order valence-corrected chi connectivity index (χ1v) is 7.55. The molecule has 0 spiro atoms. The third-order valence-electron chi connectivity index (χ3n) is 4.74. The van der Waals surface area contributed by atoms with Crippen molar-refractivity contribution >= 4 is 11.4 Å². The van der Waals surface area contributed by atoms with Crippen molar-refractivity contribution in [1.82, 2.24) is 9.80 Å². The molecule has 2 fully saturated rings. The molecule has 0 saturated carbocycles. The van der Waals surface area contributed by atoms with E-state index in [1.807, 2.05) is 6.07 Å². The van der Waals surface area contributed by atoms with Crippen molar-refractivity contribution in [3.05, 3.63) is 33.9 Å². The van der Waals surface area contributed by atoms with Gasteiger partial charge in [-0.15, -0.1) is 0 Å². The SMILES string of the molecule is CC1CN2CCCC2CN1Cc1ccc(N)c([N+](=O)[O-])c1. The van der Waals surface area contributed by atoms with Crippen LogP contribution in [0.2, 0.25) is 0 Å². The average Bonchev–Trinajstić information content (AvgIpc) is 2.88. The summed E-state index contributed by atoms with van der Waals surface area (Å²) in [6, 6.07) is 6.30. The zero-order chi connectivity index (χ0) is 15.0. The summed E-state index contributed by atoms with van der Waals surface area (Å²) in [7, 11) is 0. The average molecular weight is 290 g/mol. The highest BCUT2D eigenvalue weighted by Crippen LogP contribution is 2.27. The highest BCUT2D eigenvalue weighted by Gasteiger charge is 2.34. The summed E-state index contributed by atoms with van der Waals surface area (Å²) in [5.74, 6) is 0. The van der Waals surface area contributed by atoms with E-state index in [9.17, 15) is 10.1 Å². The summed E-state index contributed by atoms with van der Waals surface area (Å²) in [4.78, 5) is 15.6. The van der Waals surface area contributed by atoms with Crippen LogP contribution in [0.5, 0.6) is 0 Å². The Morgan fingerprint density at radius 2 is 2.24 bits per heavy atom. The third-order valence-corrected chi connectivity index (χ3v) is 4.74.